The molecule has 1 atom stereocenters. The van der Waals surface area contributed by atoms with E-state index in [1.807, 2.05) is 42.5 Å². The Morgan fingerprint density at radius 3 is 2.14 bits per heavy atom. The molecule has 0 aliphatic heterocycles. The van der Waals surface area contributed by atoms with Gasteiger partial charge in [-0.2, -0.15) is 0 Å². The largest absolute Gasteiger partial charge is 0.494 e. The van der Waals surface area contributed by atoms with Crippen LogP contribution in [0.25, 0.3) is 11.1 Å². The van der Waals surface area contributed by atoms with Crippen molar-refractivity contribution in [2.75, 3.05) is 0 Å². The highest BCUT2D eigenvalue weighted by molar-refractivity contribution is 7.09. The van der Waals surface area contributed by atoms with E-state index >= 15 is 0 Å². The van der Waals surface area contributed by atoms with Crippen LogP contribution in [0.3, 0.4) is 0 Å². The van der Waals surface area contributed by atoms with Crippen LogP contribution >= 0.6 is 11.3 Å². The zero-order valence-electron chi connectivity index (χ0n) is 11.0. The number of nitrogens with one attached hydrogen (secondary N) is 1. The van der Waals surface area contributed by atoms with Gasteiger partial charge in [-0.3, -0.25) is 9.78 Å². The zero-order valence-corrected chi connectivity index (χ0v) is 11.8. The second-order valence-electron chi connectivity index (χ2n) is 4.62. The summed E-state index contributed by atoms with van der Waals surface area (Å²) < 4.78 is 0. The maximum Gasteiger partial charge on any atom is 0.307 e. The molecule has 5 heteroatoms. The number of aliphatic hydroxyl groups excluding tert-OH is 1. The number of aromatic hydroxyl groups is 1. The van der Waals surface area contributed by atoms with Gasteiger partial charge in [0.1, 0.15) is 11.0 Å². The van der Waals surface area contributed by atoms with Crippen molar-refractivity contribution in [3.63, 3.8) is 0 Å². The summed E-state index contributed by atoms with van der Waals surface area (Å²) in [5.41, 5.74) is 2.76. The van der Waals surface area contributed by atoms with Gasteiger partial charge in [-0.05, 0) is 16.7 Å². The minimum Gasteiger partial charge on any atom is -0.494 e. The quantitative estimate of drug-likeness (QED) is 0.696. The molecule has 0 saturated carbocycles. The smallest absolute Gasteiger partial charge is 0.307 e. The second-order valence-corrected chi connectivity index (χ2v) is 5.63. The molecule has 2 aromatic carbocycles. The number of hydrogen-bond acceptors (Lipinski definition) is 4. The van der Waals surface area contributed by atoms with Crippen LogP contribution in [0, 0.1) is 0 Å². The summed E-state index contributed by atoms with van der Waals surface area (Å²) in [6.45, 7) is 0. The van der Waals surface area contributed by atoms with Crippen LogP contribution < -0.4 is 4.87 Å². The summed E-state index contributed by atoms with van der Waals surface area (Å²) in [4.78, 5) is 13.3. The summed E-state index contributed by atoms with van der Waals surface area (Å²) in [6.07, 6.45) is -1.02. The molecule has 3 aromatic rings. The fourth-order valence-corrected chi connectivity index (χ4v) is 2.90. The number of aliphatic hydroxyl groups is 1. The van der Waals surface area contributed by atoms with Crippen LogP contribution in [0.15, 0.2) is 59.4 Å². The van der Waals surface area contributed by atoms with E-state index in [9.17, 15) is 15.0 Å². The summed E-state index contributed by atoms with van der Waals surface area (Å²) in [5.74, 6) is -0.273. The molecule has 0 spiro atoms. The molecule has 1 heterocycles. The molecule has 0 bridgehead atoms. The maximum absolute atomic E-state index is 11.2. The Labute approximate surface area is 125 Å². The molecule has 0 aliphatic rings. The van der Waals surface area contributed by atoms with Crippen molar-refractivity contribution in [2.45, 2.75) is 6.10 Å². The molecule has 3 rings (SSSR count). The first-order chi connectivity index (χ1) is 10.1. The van der Waals surface area contributed by atoms with Crippen molar-refractivity contribution in [2.24, 2.45) is 0 Å². The van der Waals surface area contributed by atoms with E-state index in [2.05, 4.69) is 4.98 Å². The van der Waals surface area contributed by atoms with Crippen molar-refractivity contribution in [1.29, 1.82) is 0 Å². The van der Waals surface area contributed by atoms with Crippen LogP contribution in [0.1, 0.15) is 16.5 Å². The van der Waals surface area contributed by atoms with Gasteiger partial charge in [0, 0.05) is 0 Å². The van der Waals surface area contributed by atoms with Crippen LogP contribution in [0.5, 0.6) is 5.88 Å². The molecular formula is C16H13NO3S. The van der Waals surface area contributed by atoms with E-state index in [1.54, 1.807) is 12.1 Å². The number of benzene rings is 2. The van der Waals surface area contributed by atoms with Gasteiger partial charge in [-0.25, -0.2) is 0 Å². The number of thiazole rings is 1. The van der Waals surface area contributed by atoms with Crippen molar-refractivity contribution in [1.82, 2.24) is 4.98 Å². The molecular weight excluding hydrogens is 286 g/mol. The van der Waals surface area contributed by atoms with Gasteiger partial charge in [-0.1, -0.05) is 65.9 Å². The highest BCUT2D eigenvalue weighted by atomic mass is 32.1. The van der Waals surface area contributed by atoms with Gasteiger partial charge < -0.3 is 10.2 Å². The maximum atomic E-state index is 11.2. The normalized spacial score (nSPS) is 12.2. The van der Waals surface area contributed by atoms with Crippen LogP contribution in [0.4, 0.5) is 0 Å². The molecule has 0 amide bonds. The van der Waals surface area contributed by atoms with Crippen molar-refractivity contribution < 1.29 is 10.2 Å². The van der Waals surface area contributed by atoms with Gasteiger partial charge in [-0.15, -0.1) is 0 Å². The standard InChI is InChI=1S/C16H13NO3S/c18-13(14-15(19)17-16(20)21-14)12-8-6-11(7-9-12)10-4-2-1-3-5-10/h1-9,13,18-19H,(H,17,20). The Bertz CT molecular complexity index is 790. The van der Waals surface area contributed by atoms with E-state index in [0.29, 0.717) is 5.56 Å². The van der Waals surface area contributed by atoms with E-state index < -0.39 is 6.10 Å². The minimum absolute atomic E-state index is 0.229. The number of aromatic nitrogens is 1. The fourth-order valence-electron chi connectivity index (χ4n) is 2.16. The molecule has 0 fully saturated rings. The van der Waals surface area contributed by atoms with Crippen molar-refractivity contribution in [3.05, 3.63) is 74.7 Å². The summed E-state index contributed by atoms with van der Waals surface area (Å²) in [6, 6.07) is 17.3. The van der Waals surface area contributed by atoms with Crippen LogP contribution in [0.2, 0.25) is 0 Å². The Kier molecular flexibility index (Phi) is 3.60. The Hall–Kier alpha value is -2.37. The van der Waals surface area contributed by atoms with E-state index in [0.717, 1.165) is 22.5 Å². The Balaban J connectivity index is 1.91. The molecule has 1 aromatic heterocycles. The zero-order chi connectivity index (χ0) is 14.8. The lowest BCUT2D eigenvalue weighted by Gasteiger charge is -2.10. The van der Waals surface area contributed by atoms with E-state index in [-0.39, 0.29) is 15.6 Å². The van der Waals surface area contributed by atoms with Gasteiger partial charge in [0.2, 0.25) is 5.88 Å². The third-order valence-electron chi connectivity index (χ3n) is 3.24. The average molecular weight is 299 g/mol. The second kappa shape index (κ2) is 5.55. The topological polar surface area (TPSA) is 73.3 Å². The third kappa shape index (κ3) is 2.74. The number of aromatic amines is 1. The first kappa shape index (κ1) is 13.6. The van der Waals surface area contributed by atoms with Crippen molar-refractivity contribution >= 4 is 11.3 Å². The van der Waals surface area contributed by atoms with E-state index in [4.69, 9.17) is 0 Å². The molecule has 0 radical (unpaired) electrons. The molecule has 4 nitrogen and oxygen atoms in total. The van der Waals surface area contributed by atoms with Crippen LogP contribution in [-0.2, 0) is 0 Å². The first-order valence-electron chi connectivity index (χ1n) is 6.40. The highest BCUT2D eigenvalue weighted by Crippen LogP contribution is 2.31. The molecule has 0 saturated heterocycles. The SMILES string of the molecule is O=c1[nH]c(O)c(C(O)c2ccc(-c3ccccc3)cc2)s1. The Morgan fingerprint density at radius 1 is 0.952 bits per heavy atom. The fraction of sp³-hybridized carbons (Fsp3) is 0.0625. The van der Waals surface area contributed by atoms with Crippen molar-refractivity contribution in [3.8, 4) is 17.0 Å². The summed E-state index contributed by atoms with van der Waals surface area (Å²) >= 11 is 0.807. The molecule has 106 valence electrons. The minimum atomic E-state index is -1.02. The first-order valence-corrected chi connectivity index (χ1v) is 7.22. The molecule has 1 unspecified atom stereocenters. The highest BCUT2D eigenvalue weighted by Gasteiger charge is 2.18. The average Bonchev–Trinajstić information content (AvgIpc) is 2.86. The predicted molar refractivity (Wildman–Crippen MR) is 82.5 cm³/mol. The molecule has 21 heavy (non-hydrogen) atoms. The summed E-state index contributed by atoms with van der Waals surface area (Å²) in [7, 11) is 0. The summed E-state index contributed by atoms with van der Waals surface area (Å²) in [5, 5.41) is 19.8. The lowest BCUT2D eigenvalue weighted by molar-refractivity contribution is 0.219. The lowest BCUT2D eigenvalue weighted by Crippen LogP contribution is -1.97. The monoisotopic (exact) mass is 299 g/mol. The number of hydrogen-bond donors (Lipinski definition) is 3. The number of rotatable bonds is 3. The lowest BCUT2D eigenvalue weighted by atomic mass is 10.0. The molecule has 3 N–H and O–H groups in total. The third-order valence-corrected chi connectivity index (χ3v) is 4.16. The van der Waals surface area contributed by atoms with Crippen LogP contribution in [-0.4, -0.2) is 15.2 Å². The Morgan fingerprint density at radius 2 is 1.57 bits per heavy atom. The van der Waals surface area contributed by atoms with Gasteiger partial charge in [0.05, 0.1) is 0 Å². The number of H-pyrrole nitrogens is 1. The van der Waals surface area contributed by atoms with Gasteiger partial charge in [0.15, 0.2) is 0 Å². The molecule has 0 aliphatic carbocycles. The van der Waals surface area contributed by atoms with Gasteiger partial charge >= 0.3 is 4.87 Å². The van der Waals surface area contributed by atoms with Gasteiger partial charge in [0.25, 0.3) is 0 Å². The van der Waals surface area contributed by atoms with E-state index in [1.165, 1.54) is 0 Å². The predicted octanol–water partition coefficient (Wildman–Crippen LogP) is 2.89.